The lowest BCUT2D eigenvalue weighted by Gasteiger charge is -2.09. The Labute approximate surface area is 129 Å². The molecule has 0 unspecified atom stereocenters. The van der Waals surface area contributed by atoms with Crippen LogP contribution < -0.4 is 10.5 Å². The van der Waals surface area contributed by atoms with Crippen LogP contribution in [0.25, 0.3) is 11.1 Å². The third kappa shape index (κ3) is 3.44. The van der Waals surface area contributed by atoms with E-state index >= 15 is 0 Å². The van der Waals surface area contributed by atoms with E-state index in [2.05, 4.69) is 0 Å². The SMILES string of the molecule is Nc1cc(F)cc(-c2cccc(OCc3ccccc3)c2)c1. The highest BCUT2D eigenvalue weighted by Crippen LogP contribution is 2.26. The van der Waals surface area contributed by atoms with Gasteiger partial charge in [0.05, 0.1) is 0 Å². The van der Waals surface area contributed by atoms with Crippen LogP contribution in [0.3, 0.4) is 0 Å². The van der Waals surface area contributed by atoms with Crippen molar-refractivity contribution < 1.29 is 9.13 Å². The smallest absolute Gasteiger partial charge is 0.125 e. The van der Waals surface area contributed by atoms with E-state index in [1.807, 2.05) is 54.6 Å². The number of hydrogen-bond donors (Lipinski definition) is 1. The van der Waals surface area contributed by atoms with Gasteiger partial charge in [0.25, 0.3) is 0 Å². The molecule has 3 heteroatoms. The van der Waals surface area contributed by atoms with Crippen LogP contribution in [0.1, 0.15) is 5.56 Å². The number of nitrogens with two attached hydrogens (primary N) is 1. The minimum absolute atomic E-state index is 0.342. The quantitative estimate of drug-likeness (QED) is 0.710. The van der Waals surface area contributed by atoms with Gasteiger partial charge in [-0.2, -0.15) is 0 Å². The fraction of sp³-hybridized carbons (Fsp3) is 0.0526. The van der Waals surface area contributed by atoms with E-state index in [1.54, 1.807) is 6.07 Å². The summed E-state index contributed by atoms with van der Waals surface area (Å²) in [6.07, 6.45) is 0. The summed E-state index contributed by atoms with van der Waals surface area (Å²) in [4.78, 5) is 0. The summed E-state index contributed by atoms with van der Waals surface area (Å²) >= 11 is 0. The fourth-order valence-electron chi connectivity index (χ4n) is 2.29. The molecule has 0 aromatic heterocycles. The average molecular weight is 293 g/mol. The van der Waals surface area contributed by atoms with E-state index in [1.165, 1.54) is 12.1 Å². The van der Waals surface area contributed by atoms with Gasteiger partial charge in [-0.1, -0.05) is 42.5 Å². The van der Waals surface area contributed by atoms with Crippen LogP contribution >= 0.6 is 0 Å². The summed E-state index contributed by atoms with van der Waals surface area (Å²) in [5.41, 5.74) is 8.82. The first kappa shape index (κ1) is 14.1. The van der Waals surface area contributed by atoms with Gasteiger partial charge in [0.1, 0.15) is 18.2 Å². The van der Waals surface area contributed by atoms with Crippen molar-refractivity contribution in [2.24, 2.45) is 0 Å². The van der Waals surface area contributed by atoms with Gasteiger partial charge in [0.15, 0.2) is 0 Å². The Bertz CT molecular complexity index is 751. The van der Waals surface area contributed by atoms with Gasteiger partial charge >= 0.3 is 0 Å². The second kappa shape index (κ2) is 6.31. The number of hydrogen-bond acceptors (Lipinski definition) is 2. The van der Waals surface area contributed by atoms with E-state index in [0.717, 1.165) is 22.4 Å². The van der Waals surface area contributed by atoms with Crippen molar-refractivity contribution in [1.29, 1.82) is 0 Å². The summed E-state index contributed by atoms with van der Waals surface area (Å²) in [6, 6.07) is 22.0. The number of nitrogen functional groups attached to an aromatic ring is 1. The predicted octanol–water partition coefficient (Wildman–Crippen LogP) is 4.65. The van der Waals surface area contributed by atoms with Crippen LogP contribution in [-0.4, -0.2) is 0 Å². The molecule has 2 nitrogen and oxygen atoms in total. The maximum absolute atomic E-state index is 13.5. The summed E-state index contributed by atoms with van der Waals surface area (Å²) < 4.78 is 19.3. The summed E-state index contributed by atoms with van der Waals surface area (Å²) in [5.74, 6) is 0.398. The van der Waals surface area contributed by atoms with Gasteiger partial charge in [-0.05, 0) is 47.0 Å². The third-order valence-corrected chi connectivity index (χ3v) is 3.34. The van der Waals surface area contributed by atoms with Crippen LogP contribution in [0.2, 0.25) is 0 Å². The monoisotopic (exact) mass is 293 g/mol. The molecule has 0 radical (unpaired) electrons. The number of rotatable bonds is 4. The Balaban J connectivity index is 1.80. The molecule has 0 aliphatic rings. The molecule has 0 atom stereocenters. The minimum atomic E-state index is -0.342. The summed E-state index contributed by atoms with van der Waals surface area (Å²) in [6.45, 7) is 0.496. The largest absolute Gasteiger partial charge is 0.489 e. The number of ether oxygens (including phenoxy) is 1. The molecular formula is C19H16FNO. The van der Waals surface area contributed by atoms with Crippen molar-refractivity contribution in [1.82, 2.24) is 0 Å². The Morgan fingerprint density at radius 1 is 0.818 bits per heavy atom. The molecule has 0 spiro atoms. The Kier molecular flexibility index (Phi) is 4.05. The molecule has 0 heterocycles. The van der Waals surface area contributed by atoms with Crippen molar-refractivity contribution in [2.75, 3.05) is 5.73 Å². The Hall–Kier alpha value is -2.81. The van der Waals surface area contributed by atoms with Gasteiger partial charge in [-0.15, -0.1) is 0 Å². The first-order valence-corrected chi connectivity index (χ1v) is 7.04. The first-order valence-electron chi connectivity index (χ1n) is 7.04. The Morgan fingerprint density at radius 3 is 2.41 bits per heavy atom. The van der Waals surface area contributed by atoms with E-state index < -0.39 is 0 Å². The molecule has 110 valence electrons. The van der Waals surface area contributed by atoms with Crippen LogP contribution in [0.15, 0.2) is 72.8 Å². The zero-order chi connectivity index (χ0) is 15.4. The number of halogens is 1. The van der Waals surface area contributed by atoms with Gasteiger partial charge in [0, 0.05) is 5.69 Å². The van der Waals surface area contributed by atoms with Crippen molar-refractivity contribution in [3.8, 4) is 16.9 Å². The predicted molar refractivity (Wildman–Crippen MR) is 87.0 cm³/mol. The highest BCUT2D eigenvalue weighted by atomic mass is 19.1. The lowest BCUT2D eigenvalue weighted by atomic mass is 10.0. The molecule has 0 amide bonds. The molecule has 0 saturated heterocycles. The normalized spacial score (nSPS) is 10.4. The maximum Gasteiger partial charge on any atom is 0.125 e. The zero-order valence-electron chi connectivity index (χ0n) is 12.0. The second-order valence-corrected chi connectivity index (χ2v) is 5.08. The second-order valence-electron chi connectivity index (χ2n) is 5.08. The Morgan fingerprint density at radius 2 is 1.64 bits per heavy atom. The fourth-order valence-corrected chi connectivity index (χ4v) is 2.29. The molecule has 22 heavy (non-hydrogen) atoms. The van der Waals surface area contributed by atoms with Crippen molar-refractivity contribution in [2.45, 2.75) is 6.61 Å². The maximum atomic E-state index is 13.5. The summed E-state index contributed by atoms with van der Waals surface area (Å²) in [5, 5.41) is 0. The van der Waals surface area contributed by atoms with Gasteiger partial charge in [-0.25, -0.2) is 4.39 Å². The van der Waals surface area contributed by atoms with Gasteiger partial charge in [0.2, 0.25) is 0 Å². The molecule has 3 aromatic carbocycles. The standard InChI is InChI=1S/C19H16FNO/c20-17-9-16(10-18(21)12-17)15-7-4-8-19(11-15)22-13-14-5-2-1-3-6-14/h1-12H,13,21H2. The molecule has 0 aliphatic carbocycles. The van der Waals surface area contributed by atoms with E-state index in [9.17, 15) is 4.39 Å². The van der Waals surface area contributed by atoms with Crippen molar-refractivity contribution in [3.63, 3.8) is 0 Å². The van der Waals surface area contributed by atoms with E-state index in [4.69, 9.17) is 10.5 Å². The van der Waals surface area contributed by atoms with Gasteiger partial charge < -0.3 is 10.5 Å². The van der Waals surface area contributed by atoms with Crippen molar-refractivity contribution >= 4 is 5.69 Å². The molecular weight excluding hydrogens is 277 g/mol. The molecule has 0 fully saturated rings. The minimum Gasteiger partial charge on any atom is -0.489 e. The molecule has 0 saturated carbocycles. The molecule has 3 rings (SSSR count). The number of benzene rings is 3. The summed E-state index contributed by atoms with van der Waals surface area (Å²) in [7, 11) is 0. The van der Waals surface area contributed by atoms with E-state index in [0.29, 0.717) is 12.3 Å². The lowest BCUT2D eigenvalue weighted by molar-refractivity contribution is 0.306. The number of anilines is 1. The average Bonchev–Trinajstić information content (AvgIpc) is 2.53. The molecule has 0 aliphatic heterocycles. The highest BCUT2D eigenvalue weighted by molar-refractivity contribution is 5.68. The topological polar surface area (TPSA) is 35.2 Å². The van der Waals surface area contributed by atoms with Crippen LogP contribution in [0.4, 0.5) is 10.1 Å². The van der Waals surface area contributed by atoms with Crippen LogP contribution in [0.5, 0.6) is 5.75 Å². The molecule has 0 bridgehead atoms. The molecule has 3 aromatic rings. The van der Waals surface area contributed by atoms with Crippen molar-refractivity contribution in [3.05, 3.63) is 84.2 Å². The highest BCUT2D eigenvalue weighted by Gasteiger charge is 2.04. The van der Waals surface area contributed by atoms with E-state index in [-0.39, 0.29) is 5.82 Å². The van der Waals surface area contributed by atoms with Crippen LogP contribution in [0, 0.1) is 5.82 Å². The zero-order valence-corrected chi connectivity index (χ0v) is 12.0. The third-order valence-electron chi connectivity index (χ3n) is 3.34. The van der Waals surface area contributed by atoms with Crippen LogP contribution in [-0.2, 0) is 6.61 Å². The first-order chi connectivity index (χ1) is 10.7. The lowest BCUT2D eigenvalue weighted by Crippen LogP contribution is -1.95. The van der Waals surface area contributed by atoms with Gasteiger partial charge in [-0.3, -0.25) is 0 Å². The molecule has 2 N–H and O–H groups in total.